The zero-order valence-electron chi connectivity index (χ0n) is 9.06. The molecule has 3 nitrogen and oxygen atoms in total. The van der Waals surface area contributed by atoms with E-state index in [0.717, 1.165) is 25.3 Å². The Morgan fingerprint density at radius 2 is 2.31 bits per heavy atom. The molecule has 4 heteroatoms. The van der Waals surface area contributed by atoms with Gasteiger partial charge in [0.15, 0.2) is 0 Å². The molecule has 2 heterocycles. The Bertz CT molecular complexity index is 383. The molecule has 0 saturated carbocycles. The van der Waals surface area contributed by atoms with E-state index in [2.05, 4.69) is 16.8 Å². The fraction of sp³-hybridized carbons (Fsp3) is 0.333. The first-order valence-corrected chi connectivity index (χ1v) is 6.26. The molecular weight excluding hydrogens is 220 g/mol. The van der Waals surface area contributed by atoms with Gasteiger partial charge < -0.3 is 15.5 Å². The van der Waals surface area contributed by atoms with Crippen LogP contribution in [0.3, 0.4) is 0 Å². The summed E-state index contributed by atoms with van der Waals surface area (Å²) >= 11 is 1.70. The van der Waals surface area contributed by atoms with Gasteiger partial charge in [0.1, 0.15) is 5.76 Å². The van der Waals surface area contributed by atoms with Gasteiger partial charge in [-0.1, -0.05) is 6.07 Å². The molecule has 0 fully saturated rings. The molecule has 0 aliphatic carbocycles. The zero-order valence-corrected chi connectivity index (χ0v) is 9.87. The quantitative estimate of drug-likeness (QED) is 0.756. The van der Waals surface area contributed by atoms with Crippen molar-refractivity contribution in [1.29, 1.82) is 0 Å². The first-order chi connectivity index (χ1) is 7.86. The van der Waals surface area contributed by atoms with E-state index in [4.69, 9.17) is 10.2 Å². The number of nitrogens with one attached hydrogen (secondary N) is 1. The normalized spacial score (nSPS) is 12.8. The molecule has 2 rings (SSSR count). The molecule has 0 amide bonds. The number of furan rings is 1. The van der Waals surface area contributed by atoms with Crippen LogP contribution in [0.15, 0.2) is 40.3 Å². The molecule has 86 valence electrons. The summed E-state index contributed by atoms with van der Waals surface area (Å²) in [6.07, 6.45) is 2.61. The summed E-state index contributed by atoms with van der Waals surface area (Å²) < 4.78 is 5.24. The van der Waals surface area contributed by atoms with Crippen molar-refractivity contribution in [3.05, 3.63) is 46.5 Å². The van der Waals surface area contributed by atoms with Crippen LogP contribution in [0.25, 0.3) is 0 Å². The van der Waals surface area contributed by atoms with E-state index < -0.39 is 0 Å². The summed E-state index contributed by atoms with van der Waals surface area (Å²) in [7, 11) is 0. The van der Waals surface area contributed by atoms with Crippen LogP contribution in [0.4, 0.5) is 0 Å². The fourth-order valence-corrected chi connectivity index (χ4v) is 2.26. The number of rotatable bonds is 6. The third-order valence-corrected chi connectivity index (χ3v) is 3.41. The predicted octanol–water partition coefficient (Wildman–Crippen LogP) is 2.17. The lowest BCUT2D eigenvalue weighted by atomic mass is 10.2. The van der Waals surface area contributed by atoms with E-state index in [1.807, 2.05) is 18.2 Å². The SMILES string of the molecule is NC(CNCCc1ccco1)c1cccs1. The lowest BCUT2D eigenvalue weighted by molar-refractivity contribution is 0.494. The third-order valence-electron chi connectivity index (χ3n) is 2.40. The molecule has 0 spiro atoms. The second-order valence-corrected chi connectivity index (χ2v) is 4.63. The van der Waals surface area contributed by atoms with Gasteiger partial charge in [-0.3, -0.25) is 0 Å². The Kier molecular flexibility index (Phi) is 4.16. The monoisotopic (exact) mass is 236 g/mol. The Hall–Kier alpha value is -1.10. The fourth-order valence-electron chi connectivity index (χ4n) is 1.53. The van der Waals surface area contributed by atoms with Gasteiger partial charge in [-0.15, -0.1) is 11.3 Å². The van der Waals surface area contributed by atoms with Crippen molar-refractivity contribution < 1.29 is 4.42 Å². The van der Waals surface area contributed by atoms with Gasteiger partial charge in [-0.05, 0) is 23.6 Å². The van der Waals surface area contributed by atoms with Crippen molar-refractivity contribution in [2.75, 3.05) is 13.1 Å². The van der Waals surface area contributed by atoms with E-state index >= 15 is 0 Å². The van der Waals surface area contributed by atoms with Crippen molar-refractivity contribution in [3.63, 3.8) is 0 Å². The van der Waals surface area contributed by atoms with Crippen LogP contribution in [0.1, 0.15) is 16.7 Å². The van der Waals surface area contributed by atoms with E-state index in [1.165, 1.54) is 4.88 Å². The summed E-state index contributed by atoms with van der Waals surface area (Å²) in [6.45, 7) is 1.70. The summed E-state index contributed by atoms with van der Waals surface area (Å²) in [5, 5.41) is 5.39. The van der Waals surface area contributed by atoms with Gasteiger partial charge >= 0.3 is 0 Å². The summed E-state index contributed by atoms with van der Waals surface area (Å²) in [4.78, 5) is 1.23. The van der Waals surface area contributed by atoms with Crippen molar-refractivity contribution in [2.24, 2.45) is 5.73 Å². The molecule has 0 bridgehead atoms. The molecule has 2 aromatic rings. The molecule has 1 unspecified atom stereocenters. The predicted molar refractivity (Wildman–Crippen MR) is 66.5 cm³/mol. The highest BCUT2D eigenvalue weighted by Gasteiger charge is 2.05. The van der Waals surface area contributed by atoms with Crippen LogP contribution in [0, 0.1) is 0 Å². The Morgan fingerprint density at radius 1 is 1.38 bits per heavy atom. The zero-order chi connectivity index (χ0) is 11.2. The summed E-state index contributed by atoms with van der Waals surface area (Å²) in [6, 6.07) is 8.09. The van der Waals surface area contributed by atoms with E-state index in [1.54, 1.807) is 17.6 Å². The van der Waals surface area contributed by atoms with Gasteiger partial charge in [0, 0.05) is 24.4 Å². The van der Waals surface area contributed by atoms with E-state index in [0.29, 0.717) is 0 Å². The number of hydrogen-bond acceptors (Lipinski definition) is 4. The Labute approximate surface area is 99.3 Å². The summed E-state index contributed by atoms with van der Waals surface area (Å²) in [5.41, 5.74) is 6.02. The lowest BCUT2D eigenvalue weighted by Crippen LogP contribution is -2.27. The molecule has 0 radical (unpaired) electrons. The average Bonchev–Trinajstić information content (AvgIpc) is 2.96. The van der Waals surface area contributed by atoms with Gasteiger partial charge in [-0.2, -0.15) is 0 Å². The average molecular weight is 236 g/mol. The van der Waals surface area contributed by atoms with Crippen molar-refractivity contribution in [2.45, 2.75) is 12.5 Å². The maximum atomic E-state index is 6.02. The molecule has 16 heavy (non-hydrogen) atoms. The maximum absolute atomic E-state index is 6.02. The molecular formula is C12H16N2OS. The highest BCUT2D eigenvalue weighted by atomic mass is 32.1. The molecule has 0 aliphatic rings. The van der Waals surface area contributed by atoms with E-state index in [9.17, 15) is 0 Å². The first kappa shape index (κ1) is 11.4. The smallest absolute Gasteiger partial charge is 0.105 e. The highest BCUT2D eigenvalue weighted by Crippen LogP contribution is 2.15. The standard InChI is InChI=1S/C12H16N2OS/c13-11(12-4-2-8-16-12)9-14-6-5-10-3-1-7-15-10/h1-4,7-8,11,14H,5-6,9,13H2. The van der Waals surface area contributed by atoms with Crippen LogP contribution in [0.2, 0.25) is 0 Å². The minimum Gasteiger partial charge on any atom is -0.469 e. The third kappa shape index (κ3) is 3.20. The minimum absolute atomic E-state index is 0.0941. The van der Waals surface area contributed by atoms with Crippen LogP contribution >= 0.6 is 11.3 Å². The van der Waals surface area contributed by atoms with Gasteiger partial charge in [-0.25, -0.2) is 0 Å². The first-order valence-electron chi connectivity index (χ1n) is 5.38. The molecule has 1 atom stereocenters. The molecule has 0 aromatic carbocycles. The van der Waals surface area contributed by atoms with Crippen molar-refractivity contribution in [1.82, 2.24) is 5.32 Å². The molecule has 0 saturated heterocycles. The van der Waals surface area contributed by atoms with Gasteiger partial charge in [0.05, 0.1) is 12.3 Å². The Morgan fingerprint density at radius 3 is 3.00 bits per heavy atom. The number of nitrogens with two attached hydrogens (primary N) is 1. The van der Waals surface area contributed by atoms with Crippen LogP contribution in [-0.4, -0.2) is 13.1 Å². The highest BCUT2D eigenvalue weighted by molar-refractivity contribution is 7.10. The van der Waals surface area contributed by atoms with Gasteiger partial charge in [0.25, 0.3) is 0 Å². The lowest BCUT2D eigenvalue weighted by Gasteiger charge is -2.10. The number of thiophene rings is 1. The van der Waals surface area contributed by atoms with Crippen molar-refractivity contribution >= 4 is 11.3 Å². The van der Waals surface area contributed by atoms with Crippen molar-refractivity contribution in [3.8, 4) is 0 Å². The second kappa shape index (κ2) is 5.84. The van der Waals surface area contributed by atoms with Crippen LogP contribution in [-0.2, 0) is 6.42 Å². The minimum atomic E-state index is 0.0941. The van der Waals surface area contributed by atoms with Crippen LogP contribution in [0.5, 0.6) is 0 Å². The molecule has 3 N–H and O–H groups in total. The largest absolute Gasteiger partial charge is 0.469 e. The number of hydrogen-bond donors (Lipinski definition) is 2. The van der Waals surface area contributed by atoms with Gasteiger partial charge in [0.2, 0.25) is 0 Å². The molecule has 2 aromatic heterocycles. The van der Waals surface area contributed by atoms with Crippen LogP contribution < -0.4 is 11.1 Å². The van der Waals surface area contributed by atoms with E-state index in [-0.39, 0.29) is 6.04 Å². The molecule has 0 aliphatic heterocycles. The summed E-state index contributed by atoms with van der Waals surface area (Å²) in [5.74, 6) is 1.01. The Balaban J connectivity index is 1.65. The topological polar surface area (TPSA) is 51.2 Å². The maximum Gasteiger partial charge on any atom is 0.105 e. The second-order valence-electron chi connectivity index (χ2n) is 3.66.